The Bertz CT molecular complexity index is 1050. The summed E-state index contributed by atoms with van der Waals surface area (Å²) >= 11 is 0. The van der Waals surface area contributed by atoms with E-state index in [9.17, 15) is 19.5 Å². The summed E-state index contributed by atoms with van der Waals surface area (Å²) < 4.78 is 17.3. The lowest BCUT2D eigenvalue weighted by atomic mass is 10.1. The number of allylic oxidation sites excluding steroid dienone is 6. The van der Waals surface area contributed by atoms with Crippen LogP contribution in [-0.2, 0) is 28.6 Å². The number of carbonyl (C=O) groups is 3. The Kier molecular flexibility index (Phi) is 39.5. The number of ether oxygens (including phenoxy) is 3. The summed E-state index contributed by atoms with van der Waals surface area (Å²) in [5.74, 6) is -1.47. The molecule has 0 aromatic carbocycles. The standard InChI is InChI=1S/C50H91NO7/c1-6-8-10-12-14-16-18-20-22-23-24-25-27-28-30-32-34-36-38-40-48(52)57-45-46(44-56-43-42-47(50(54)55)51(3,4)5)58-49(53)41-39-37-35-33-31-29-26-21-19-17-15-13-11-9-7-2/h14,16-20,46-47H,6-13,15,21-45H2,1-5H3/p+1/b16-14+,19-17+,20-18+. The van der Waals surface area contributed by atoms with Crippen LogP contribution < -0.4 is 0 Å². The van der Waals surface area contributed by atoms with Gasteiger partial charge in [-0.1, -0.05) is 166 Å². The van der Waals surface area contributed by atoms with E-state index in [1.54, 1.807) is 0 Å². The van der Waals surface area contributed by atoms with E-state index >= 15 is 0 Å². The fourth-order valence-electron chi connectivity index (χ4n) is 7.02. The van der Waals surface area contributed by atoms with Gasteiger partial charge in [0.1, 0.15) is 6.61 Å². The lowest BCUT2D eigenvalue weighted by Crippen LogP contribution is -2.50. The maximum Gasteiger partial charge on any atom is 0.362 e. The fourth-order valence-corrected chi connectivity index (χ4v) is 7.02. The first-order chi connectivity index (χ1) is 28.1. The summed E-state index contributed by atoms with van der Waals surface area (Å²) in [5, 5.41) is 9.63. The van der Waals surface area contributed by atoms with E-state index < -0.39 is 18.1 Å². The maximum atomic E-state index is 12.7. The van der Waals surface area contributed by atoms with Crippen LogP contribution in [0.2, 0.25) is 0 Å². The zero-order chi connectivity index (χ0) is 42.8. The third-order valence-electron chi connectivity index (χ3n) is 10.8. The molecule has 0 bridgehead atoms. The summed E-state index contributed by atoms with van der Waals surface area (Å²) in [4.78, 5) is 37.1. The zero-order valence-electron chi connectivity index (χ0n) is 38.5. The van der Waals surface area contributed by atoms with Crippen LogP contribution in [0.15, 0.2) is 36.5 Å². The first-order valence-corrected chi connectivity index (χ1v) is 24.0. The number of carboxylic acid groups (broad SMARTS) is 1. The molecule has 0 fully saturated rings. The number of unbranched alkanes of at least 4 members (excludes halogenated alkanes) is 24. The van der Waals surface area contributed by atoms with Crippen molar-refractivity contribution < 1.29 is 38.2 Å². The number of hydrogen-bond acceptors (Lipinski definition) is 6. The molecule has 338 valence electrons. The zero-order valence-corrected chi connectivity index (χ0v) is 38.5. The molecule has 8 nitrogen and oxygen atoms in total. The molecule has 2 unspecified atom stereocenters. The molecule has 0 aromatic heterocycles. The molecule has 0 radical (unpaired) electrons. The van der Waals surface area contributed by atoms with Crippen LogP contribution in [0.1, 0.15) is 213 Å². The van der Waals surface area contributed by atoms with Crippen LogP contribution in [0.4, 0.5) is 0 Å². The van der Waals surface area contributed by atoms with Crippen LogP contribution in [0, 0.1) is 0 Å². The monoisotopic (exact) mass is 819 g/mol. The van der Waals surface area contributed by atoms with Crippen LogP contribution in [0.5, 0.6) is 0 Å². The first kappa shape index (κ1) is 55.5. The van der Waals surface area contributed by atoms with Gasteiger partial charge in [-0.25, -0.2) is 4.79 Å². The van der Waals surface area contributed by atoms with Crippen LogP contribution in [0.3, 0.4) is 0 Å². The SMILES string of the molecule is CCCCC/C=C/C=C/CCCCCCCCCCCCC(=O)OCC(COCCC(C(=O)O)[N+](C)(C)C)OC(=O)CCCCCCCCC/C=C/CCCCCC. The van der Waals surface area contributed by atoms with Crippen molar-refractivity contribution in [3.05, 3.63) is 36.5 Å². The fraction of sp³-hybridized carbons (Fsp3) is 0.820. The van der Waals surface area contributed by atoms with E-state index in [4.69, 9.17) is 14.2 Å². The predicted molar refractivity (Wildman–Crippen MR) is 243 cm³/mol. The Morgan fingerprint density at radius 2 is 0.914 bits per heavy atom. The number of likely N-dealkylation sites (N-methyl/N-ethyl adjacent to an activating group) is 1. The molecule has 0 saturated carbocycles. The Balaban J connectivity index is 4.27. The maximum absolute atomic E-state index is 12.7. The number of nitrogens with zero attached hydrogens (tertiary/aromatic N) is 1. The lowest BCUT2D eigenvalue weighted by Gasteiger charge is -2.31. The molecule has 0 aliphatic heterocycles. The van der Waals surface area contributed by atoms with Gasteiger partial charge in [0.15, 0.2) is 12.1 Å². The second-order valence-corrected chi connectivity index (χ2v) is 17.4. The molecule has 0 aliphatic rings. The molecule has 0 rings (SSSR count). The molecule has 0 amide bonds. The Hall–Kier alpha value is -2.45. The number of aliphatic carboxylic acids is 1. The highest BCUT2D eigenvalue weighted by molar-refractivity contribution is 5.72. The quantitative estimate of drug-likeness (QED) is 0.0215. The van der Waals surface area contributed by atoms with Gasteiger partial charge < -0.3 is 23.8 Å². The van der Waals surface area contributed by atoms with E-state index in [1.807, 2.05) is 21.1 Å². The molecule has 0 aliphatic carbocycles. The molecule has 0 heterocycles. The van der Waals surface area contributed by atoms with Gasteiger partial charge in [0.2, 0.25) is 0 Å². The minimum absolute atomic E-state index is 0.0528. The number of quaternary nitrogens is 1. The van der Waals surface area contributed by atoms with Gasteiger partial charge >= 0.3 is 17.9 Å². The van der Waals surface area contributed by atoms with E-state index in [0.717, 1.165) is 38.5 Å². The third kappa shape index (κ3) is 39.0. The Morgan fingerprint density at radius 1 is 0.517 bits per heavy atom. The first-order valence-electron chi connectivity index (χ1n) is 24.0. The third-order valence-corrected chi connectivity index (χ3v) is 10.8. The smallest absolute Gasteiger partial charge is 0.362 e. The number of carbonyl (C=O) groups excluding carboxylic acids is 2. The molecular formula is C50H92NO7+. The van der Waals surface area contributed by atoms with Crippen LogP contribution >= 0.6 is 0 Å². The van der Waals surface area contributed by atoms with Crippen molar-refractivity contribution in [1.29, 1.82) is 0 Å². The van der Waals surface area contributed by atoms with Gasteiger partial charge in [-0.15, -0.1) is 0 Å². The molecule has 1 N–H and O–H groups in total. The molecule has 0 saturated heterocycles. The van der Waals surface area contributed by atoms with Crippen molar-refractivity contribution in [1.82, 2.24) is 0 Å². The lowest BCUT2D eigenvalue weighted by molar-refractivity contribution is -0.887. The highest BCUT2D eigenvalue weighted by atomic mass is 16.6. The van der Waals surface area contributed by atoms with Crippen molar-refractivity contribution >= 4 is 17.9 Å². The van der Waals surface area contributed by atoms with Gasteiger partial charge in [-0.3, -0.25) is 9.59 Å². The van der Waals surface area contributed by atoms with E-state index in [2.05, 4.69) is 50.3 Å². The summed E-state index contributed by atoms with van der Waals surface area (Å²) in [6.45, 7) is 4.71. The van der Waals surface area contributed by atoms with Crippen molar-refractivity contribution in [3.63, 3.8) is 0 Å². The Labute approximate surface area is 357 Å². The summed E-state index contributed by atoms with van der Waals surface area (Å²) in [7, 11) is 5.53. The van der Waals surface area contributed by atoms with E-state index in [-0.39, 0.29) is 36.2 Å². The number of hydrogen-bond donors (Lipinski definition) is 1. The molecular weight excluding hydrogens is 727 g/mol. The van der Waals surface area contributed by atoms with Crippen LogP contribution in [0.25, 0.3) is 0 Å². The predicted octanol–water partition coefficient (Wildman–Crippen LogP) is 13.4. The van der Waals surface area contributed by atoms with Gasteiger partial charge in [0, 0.05) is 19.3 Å². The van der Waals surface area contributed by atoms with Gasteiger partial charge in [-0.05, 0) is 64.2 Å². The van der Waals surface area contributed by atoms with Crippen molar-refractivity contribution in [2.45, 2.75) is 225 Å². The molecule has 8 heteroatoms. The summed E-state index contributed by atoms with van der Waals surface area (Å²) in [6.07, 6.45) is 47.5. The van der Waals surface area contributed by atoms with Crippen molar-refractivity contribution in [2.24, 2.45) is 0 Å². The highest BCUT2D eigenvalue weighted by Gasteiger charge is 2.31. The van der Waals surface area contributed by atoms with Crippen LogP contribution in [-0.4, -0.2) is 80.6 Å². The van der Waals surface area contributed by atoms with E-state index in [0.29, 0.717) is 19.3 Å². The van der Waals surface area contributed by atoms with Crippen molar-refractivity contribution in [2.75, 3.05) is 41.0 Å². The minimum atomic E-state index is -0.875. The van der Waals surface area contributed by atoms with Gasteiger partial charge in [0.25, 0.3) is 0 Å². The highest BCUT2D eigenvalue weighted by Crippen LogP contribution is 2.15. The second kappa shape index (κ2) is 41.3. The summed E-state index contributed by atoms with van der Waals surface area (Å²) in [6, 6.07) is -0.615. The molecule has 2 atom stereocenters. The number of rotatable bonds is 43. The van der Waals surface area contributed by atoms with Gasteiger partial charge in [0.05, 0.1) is 34.4 Å². The average molecular weight is 819 g/mol. The Morgan fingerprint density at radius 3 is 1.38 bits per heavy atom. The molecule has 0 spiro atoms. The number of esters is 2. The normalized spacial score (nSPS) is 13.2. The second-order valence-electron chi connectivity index (χ2n) is 17.4. The van der Waals surface area contributed by atoms with E-state index in [1.165, 1.54) is 141 Å². The average Bonchev–Trinajstić information content (AvgIpc) is 3.18. The van der Waals surface area contributed by atoms with Gasteiger partial charge in [-0.2, -0.15) is 0 Å². The largest absolute Gasteiger partial charge is 0.477 e. The number of carboxylic acids is 1. The van der Waals surface area contributed by atoms with Crippen molar-refractivity contribution in [3.8, 4) is 0 Å². The molecule has 58 heavy (non-hydrogen) atoms. The summed E-state index contributed by atoms with van der Waals surface area (Å²) in [5.41, 5.74) is 0. The topological polar surface area (TPSA) is 99.1 Å². The molecule has 0 aromatic rings. The minimum Gasteiger partial charge on any atom is -0.477 e.